The number of piperazine rings is 1. The smallest absolute Gasteiger partial charge is 0.410 e. The van der Waals surface area contributed by atoms with Gasteiger partial charge in [0.05, 0.1) is 13.1 Å². The van der Waals surface area contributed by atoms with Crippen molar-refractivity contribution in [3.05, 3.63) is 34.9 Å². The molecule has 188 valence electrons. The van der Waals surface area contributed by atoms with E-state index in [-0.39, 0.29) is 37.5 Å². The molecular formula is C26H38ClN3O4. The summed E-state index contributed by atoms with van der Waals surface area (Å²) < 4.78 is 5.49. The van der Waals surface area contributed by atoms with Gasteiger partial charge in [0.1, 0.15) is 12.1 Å². The molecule has 1 saturated carbocycles. The Balaban J connectivity index is 0.00000158. The Kier molecular flexibility index (Phi) is 8.17. The molecule has 0 unspecified atom stereocenters. The fourth-order valence-corrected chi connectivity index (χ4v) is 5.10. The van der Waals surface area contributed by atoms with Gasteiger partial charge in [-0.25, -0.2) is 4.79 Å². The van der Waals surface area contributed by atoms with Gasteiger partial charge in [-0.1, -0.05) is 56.8 Å². The van der Waals surface area contributed by atoms with Gasteiger partial charge in [-0.3, -0.25) is 9.59 Å². The zero-order valence-electron chi connectivity index (χ0n) is 21.1. The number of carbonyl (C=O) groups excluding carboxylic acids is 3. The lowest BCUT2D eigenvalue weighted by Gasteiger charge is -2.58. The monoisotopic (exact) mass is 491 g/mol. The summed E-state index contributed by atoms with van der Waals surface area (Å²) >= 11 is 6.01. The van der Waals surface area contributed by atoms with Crippen molar-refractivity contribution < 1.29 is 19.1 Å². The summed E-state index contributed by atoms with van der Waals surface area (Å²) in [5.74, 6) is -0.119. The number of hydrogen-bond donors (Lipinski definition) is 0. The highest BCUT2D eigenvalue weighted by molar-refractivity contribution is 6.30. The van der Waals surface area contributed by atoms with Crippen LogP contribution in [0, 0.1) is 0 Å². The molecule has 1 aromatic rings. The zero-order valence-corrected chi connectivity index (χ0v) is 21.9. The first-order valence-electron chi connectivity index (χ1n) is 12.4. The summed E-state index contributed by atoms with van der Waals surface area (Å²) in [7, 11) is 0. The fraction of sp³-hybridized carbons (Fsp3) is 0.654. The van der Waals surface area contributed by atoms with Gasteiger partial charge in [0, 0.05) is 17.6 Å². The SMILES string of the molecule is CC.CC(C)(C)OC(=O)N1CC2(C1)C(=O)N(C1CCCCC1)CC(=O)N2Cc1ccc(Cl)cc1. The van der Waals surface area contributed by atoms with E-state index in [1.54, 1.807) is 21.9 Å². The molecule has 3 aliphatic rings. The van der Waals surface area contributed by atoms with Crippen LogP contribution >= 0.6 is 11.6 Å². The van der Waals surface area contributed by atoms with Crippen molar-refractivity contribution >= 4 is 29.5 Å². The molecule has 1 aliphatic carbocycles. The second kappa shape index (κ2) is 10.5. The molecule has 0 atom stereocenters. The fourth-order valence-electron chi connectivity index (χ4n) is 4.97. The van der Waals surface area contributed by atoms with E-state index in [0.29, 0.717) is 11.6 Å². The number of hydrogen-bond acceptors (Lipinski definition) is 4. The van der Waals surface area contributed by atoms with Crippen molar-refractivity contribution in [2.45, 2.75) is 90.4 Å². The number of halogens is 1. The molecule has 2 aliphatic heterocycles. The van der Waals surface area contributed by atoms with Crippen molar-refractivity contribution in [3.8, 4) is 0 Å². The van der Waals surface area contributed by atoms with E-state index in [9.17, 15) is 14.4 Å². The molecule has 4 rings (SSSR count). The average Bonchev–Trinajstić information content (AvgIpc) is 2.77. The van der Waals surface area contributed by atoms with Crippen molar-refractivity contribution in [2.24, 2.45) is 0 Å². The molecular weight excluding hydrogens is 454 g/mol. The van der Waals surface area contributed by atoms with Crippen LogP contribution in [0.5, 0.6) is 0 Å². The van der Waals surface area contributed by atoms with Gasteiger partial charge in [-0.2, -0.15) is 0 Å². The van der Waals surface area contributed by atoms with Crippen LogP contribution in [0.15, 0.2) is 24.3 Å². The summed E-state index contributed by atoms with van der Waals surface area (Å²) in [4.78, 5) is 44.7. The van der Waals surface area contributed by atoms with Crippen LogP contribution in [-0.4, -0.2) is 69.4 Å². The number of amides is 3. The van der Waals surface area contributed by atoms with E-state index in [1.165, 1.54) is 11.3 Å². The number of rotatable bonds is 3. The Hall–Kier alpha value is -2.28. The number of benzene rings is 1. The molecule has 0 N–H and O–H groups in total. The van der Waals surface area contributed by atoms with Crippen LogP contribution in [0.1, 0.15) is 72.3 Å². The standard InChI is InChI=1S/C24H32ClN3O4.C2H6/c1-23(2,3)32-22(31)26-15-24(16-26)21(30)27(19-7-5-4-6-8-19)14-20(29)28(24)13-17-9-11-18(25)12-10-17;1-2/h9-12,19H,4-8,13-16H2,1-3H3;1-2H3. The molecule has 34 heavy (non-hydrogen) atoms. The summed E-state index contributed by atoms with van der Waals surface area (Å²) in [6.45, 7) is 10.2. The summed E-state index contributed by atoms with van der Waals surface area (Å²) in [6, 6.07) is 7.39. The molecule has 0 aromatic heterocycles. The van der Waals surface area contributed by atoms with Crippen LogP contribution in [0.3, 0.4) is 0 Å². The number of carbonyl (C=O) groups is 3. The quantitative estimate of drug-likeness (QED) is 0.605. The largest absolute Gasteiger partial charge is 0.444 e. The lowest BCUT2D eigenvalue weighted by atomic mass is 9.82. The second-order valence-electron chi connectivity index (χ2n) is 10.2. The highest BCUT2D eigenvalue weighted by Gasteiger charge is 2.61. The Morgan fingerprint density at radius 1 is 1.06 bits per heavy atom. The van der Waals surface area contributed by atoms with E-state index in [1.807, 2.05) is 46.8 Å². The minimum atomic E-state index is -1.04. The Morgan fingerprint density at radius 2 is 1.65 bits per heavy atom. The minimum absolute atomic E-state index is 0.0437. The van der Waals surface area contributed by atoms with Crippen molar-refractivity contribution in [2.75, 3.05) is 19.6 Å². The molecule has 7 nitrogen and oxygen atoms in total. The van der Waals surface area contributed by atoms with Gasteiger partial charge >= 0.3 is 6.09 Å². The third-order valence-corrected chi connectivity index (χ3v) is 6.86. The third kappa shape index (κ3) is 5.51. The van der Waals surface area contributed by atoms with Crippen LogP contribution in [0.4, 0.5) is 4.79 Å². The topological polar surface area (TPSA) is 70.2 Å². The molecule has 2 saturated heterocycles. The van der Waals surface area contributed by atoms with E-state index in [0.717, 1.165) is 31.2 Å². The van der Waals surface area contributed by atoms with Gasteiger partial charge in [-0.15, -0.1) is 0 Å². The van der Waals surface area contributed by atoms with Crippen LogP contribution < -0.4 is 0 Å². The van der Waals surface area contributed by atoms with Gasteiger partial charge in [0.2, 0.25) is 5.91 Å². The van der Waals surface area contributed by atoms with Gasteiger partial charge in [0.25, 0.3) is 5.91 Å². The van der Waals surface area contributed by atoms with E-state index >= 15 is 0 Å². The zero-order chi connectivity index (χ0) is 25.1. The third-order valence-electron chi connectivity index (χ3n) is 6.61. The first-order chi connectivity index (χ1) is 16.1. The molecule has 8 heteroatoms. The molecule has 2 heterocycles. The van der Waals surface area contributed by atoms with E-state index in [4.69, 9.17) is 16.3 Å². The second-order valence-corrected chi connectivity index (χ2v) is 10.6. The first-order valence-corrected chi connectivity index (χ1v) is 12.8. The van der Waals surface area contributed by atoms with Crippen molar-refractivity contribution in [1.82, 2.24) is 14.7 Å². The predicted octanol–water partition coefficient (Wildman–Crippen LogP) is 4.86. The predicted molar refractivity (Wildman–Crippen MR) is 132 cm³/mol. The molecule has 1 aromatic carbocycles. The van der Waals surface area contributed by atoms with Gasteiger partial charge in [-0.05, 0) is 51.3 Å². The molecule has 0 bridgehead atoms. The van der Waals surface area contributed by atoms with E-state index < -0.39 is 17.2 Å². The van der Waals surface area contributed by atoms with Crippen molar-refractivity contribution in [1.29, 1.82) is 0 Å². The lowest BCUT2D eigenvalue weighted by molar-refractivity contribution is -0.181. The highest BCUT2D eigenvalue weighted by Crippen LogP contribution is 2.38. The van der Waals surface area contributed by atoms with Crippen molar-refractivity contribution in [3.63, 3.8) is 0 Å². The maximum atomic E-state index is 13.8. The summed E-state index contributed by atoms with van der Waals surface area (Å²) in [6.07, 6.45) is 4.74. The average molecular weight is 492 g/mol. The molecule has 1 spiro atoms. The molecule has 0 radical (unpaired) electrons. The normalized spacial score (nSPS) is 20.6. The molecule has 3 fully saturated rings. The molecule has 3 amide bonds. The first kappa shape index (κ1) is 26.3. The van der Waals surface area contributed by atoms with Crippen LogP contribution in [0.25, 0.3) is 0 Å². The summed E-state index contributed by atoms with van der Waals surface area (Å²) in [5, 5.41) is 0.618. The maximum absolute atomic E-state index is 13.8. The van der Waals surface area contributed by atoms with Crippen LogP contribution in [0.2, 0.25) is 5.02 Å². The Morgan fingerprint density at radius 3 is 2.21 bits per heavy atom. The van der Waals surface area contributed by atoms with Gasteiger partial charge < -0.3 is 19.4 Å². The minimum Gasteiger partial charge on any atom is -0.444 e. The Labute approximate surface area is 208 Å². The maximum Gasteiger partial charge on any atom is 0.410 e. The Bertz CT molecular complexity index is 884. The van der Waals surface area contributed by atoms with Gasteiger partial charge in [0.15, 0.2) is 5.54 Å². The summed E-state index contributed by atoms with van der Waals surface area (Å²) in [5.41, 5.74) is -0.760. The highest BCUT2D eigenvalue weighted by atomic mass is 35.5. The van der Waals surface area contributed by atoms with E-state index in [2.05, 4.69) is 0 Å². The lowest BCUT2D eigenvalue weighted by Crippen LogP contribution is -2.81. The number of likely N-dealkylation sites (tertiary alicyclic amines) is 1. The number of nitrogens with zero attached hydrogens (tertiary/aromatic N) is 3. The van der Waals surface area contributed by atoms with Crippen LogP contribution in [-0.2, 0) is 20.9 Å². The number of ether oxygens (including phenoxy) is 1.